The molecule has 2 aliphatic rings. The molecule has 1 aliphatic carbocycles. The van der Waals surface area contributed by atoms with Gasteiger partial charge in [-0.05, 0) is 31.4 Å². The third-order valence-corrected chi connectivity index (χ3v) is 4.93. The van der Waals surface area contributed by atoms with Gasteiger partial charge in [0.2, 0.25) is 0 Å². The highest BCUT2D eigenvalue weighted by atomic mass is 32.2. The molecular formula is C12H20N2O3S. The van der Waals surface area contributed by atoms with E-state index < -0.39 is 11.5 Å². The van der Waals surface area contributed by atoms with Crippen molar-refractivity contribution in [2.24, 2.45) is 0 Å². The summed E-state index contributed by atoms with van der Waals surface area (Å²) in [6.45, 7) is 0. The largest absolute Gasteiger partial charge is 0.480 e. The van der Waals surface area contributed by atoms with E-state index in [9.17, 15) is 14.7 Å². The van der Waals surface area contributed by atoms with Crippen molar-refractivity contribution in [3.05, 3.63) is 0 Å². The zero-order valence-electron chi connectivity index (χ0n) is 10.4. The molecule has 1 atom stereocenters. The summed E-state index contributed by atoms with van der Waals surface area (Å²) in [6, 6.07) is -0.150. The van der Waals surface area contributed by atoms with Crippen molar-refractivity contribution in [1.29, 1.82) is 0 Å². The maximum atomic E-state index is 11.9. The van der Waals surface area contributed by atoms with Crippen molar-refractivity contribution in [3.63, 3.8) is 0 Å². The minimum Gasteiger partial charge on any atom is -0.480 e. The number of carbonyl (C=O) groups excluding carboxylic acids is 1. The van der Waals surface area contributed by atoms with Crippen molar-refractivity contribution >= 4 is 23.8 Å². The SMILES string of the molecule is O=C(NC1CCCSC1)NC1(C(=O)O)CCCC1. The lowest BCUT2D eigenvalue weighted by Crippen LogP contribution is -2.57. The molecule has 0 spiro atoms. The molecule has 6 heteroatoms. The van der Waals surface area contributed by atoms with Gasteiger partial charge in [0.05, 0.1) is 0 Å². The number of hydrogen-bond acceptors (Lipinski definition) is 3. The molecule has 1 saturated carbocycles. The van der Waals surface area contributed by atoms with Gasteiger partial charge in [0.25, 0.3) is 0 Å². The van der Waals surface area contributed by atoms with Gasteiger partial charge in [-0.15, -0.1) is 0 Å². The van der Waals surface area contributed by atoms with E-state index in [2.05, 4.69) is 10.6 Å². The predicted octanol–water partition coefficient (Wildman–Crippen LogP) is 1.58. The van der Waals surface area contributed by atoms with Crippen LogP contribution in [0.5, 0.6) is 0 Å². The van der Waals surface area contributed by atoms with E-state index in [4.69, 9.17) is 0 Å². The second-order valence-corrected chi connectivity index (χ2v) is 6.26. The fourth-order valence-corrected chi connectivity index (χ4v) is 3.74. The standard InChI is InChI=1S/C12H20N2O3S/c15-10(16)12(5-1-2-6-12)14-11(17)13-9-4-3-7-18-8-9/h9H,1-8H2,(H,15,16)(H2,13,14,17). The number of thioether (sulfide) groups is 1. The van der Waals surface area contributed by atoms with Gasteiger partial charge in [-0.1, -0.05) is 12.8 Å². The Kier molecular flexibility index (Phi) is 4.37. The van der Waals surface area contributed by atoms with E-state index in [1.807, 2.05) is 11.8 Å². The van der Waals surface area contributed by atoms with E-state index in [0.29, 0.717) is 12.8 Å². The van der Waals surface area contributed by atoms with Gasteiger partial charge >= 0.3 is 12.0 Å². The smallest absolute Gasteiger partial charge is 0.329 e. The van der Waals surface area contributed by atoms with Gasteiger partial charge in [0.15, 0.2) is 0 Å². The molecule has 0 radical (unpaired) electrons. The van der Waals surface area contributed by atoms with Crippen LogP contribution in [-0.2, 0) is 4.79 Å². The first-order chi connectivity index (χ1) is 8.62. The van der Waals surface area contributed by atoms with Crippen molar-refractivity contribution < 1.29 is 14.7 Å². The summed E-state index contributed by atoms with van der Waals surface area (Å²) >= 11 is 1.83. The molecule has 2 amide bonds. The van der Waals surface area contributed by atoms with Crippen LogP contribution >= 0.6 is 11.8 Å². The first-order valence-electron chi connectivity index (χ1n) is 6.52. The Balaban J connectivity index is 1.87. The zero-order chi connectivity index (χ0) is 13.0. The summed E-state index contributed by atoms with van der Waals surface area (Å²) < 4.78 is 0. The predicted molar refractivity (Wildman–Crippen MR) is 70.8 cm³/mol. The van der Waals surface area contributed by atoms with Crippen LogP contribution in [0.1, 0.15) is 38.5 Å². The third-order valence-electron chi connectivity index (χ3n) is 3.71. The highest BCUT2D eigenvalue weighted by Gasteiger charge is 2.42. The van der Waals surface area contributed by atoms with Crippen LogP contribution in [0.25, 0.3) is 0 Å². The first kappa shape index (κ1) is 13.5. The summed E-state index contributed by atoms with van der Waals surface area (Å²) in [6.07, 6.45) is 4.90. The fraction of sp³-hybridized carbons (Fsp3) is 0.833. The Morgan fingerprint density at radius 3 is 2.50 bits per heavy atom. The quantitative estimate of drug-likeness (QED) is 0.729. The number of carboxylic acid groups (broad SMARTS) is 1. The number of aliphatic carboxylic acids is 1. The van der Waals surface area contributed by atoms with E-state index in [1.165, 1.54) is 0 Å². The van der Waals surface area contributed by atoms with Crippen LogP contribution in [0.3, 0.4) is 0 Å². The van der Waals surface area contributed by atoms with Crippen molar-refractivity contribution in [3.8, 4) is 0 Å². The van der Waals surface area contributed by atoms with E-state index >= 15 is 0 Å². The Hall–Kier alpha value is -0.910. The summed E-state index contributed by atoms with van der Waals surface area (Å²) in [5.41, 5.74) is -1.04. The lowest BCUT2D eigenvalue weighted by Gasteiger charge is -2.28. The number of amides is 2. The topological polar surface area (TPSA) is 78.4 Å². The molecule has 2 rings (SSSR count). The molecule has 1 aliphatic heterocycles. The summed E-state index contributed by atoms with van der Waals surface area (Å²) in [4.78, 5) is 23.2. The van der Waals surface area contributed by atoms with Crippen LogP contribution in [0.4, 0.5) is 4.79 Å². The second-order valence-electron chi connectivity index (χ2n) is 5.11. The molecule has 1 unspecified atom stereocenters. The molecular weight excluding hydrogens is 252 g/mol. The van der Waals surface area contributed by atoms with Crippen molar-refractivity contribution in [1.82, 2.24) is 10.6 Å². The molecule has 102 valence electrons. The summed E-state index contributed by atoms with van der Waals surface area (Å²) in [5.74, 6) is 1.17. The number of carbonyl (C=O) groups is 2. The van der Waals surface area contributed by atoms with Gasteiger partial charge in [0, 0.05) is 11.8 Å². The monoisotopic (exact) mass is 272 g/mol. The molecule has 18 heavy (non-hydrogen) atoms. The Morgan fingerprint density at radius 1 is 1.22 bits per heavy atom. The van der Waals surface area contributed by atoms with Crippen LogP contribution in [0, 0.1) is 0 Å². The Labute approximate surface area is 111 Å². The van der Waals surface area contributed by atoms with Gasteiger partial charge in [-0.2, -0.15) is 11.8 Å². The average Bonchev–Trinajstić information content (AvgIpc) is 2.80. The van der Waals surface area contributed by atoms with Crippen molar-refractivity contribution in [2.75, 3.05) is 11.5 Å². The summed E-state index contributed by atoms with van der Waals surface area (Å²) in [7, 11) is 0. The van der Waals surface area contributed by atoms with Crippen LogP contribution in [-0.4, -0.2) is 40.2 Å². The molecule has 5 nitrogen and oxygen atoms in total. The van der Waals surface area contributed by atoms with Gasteiger partial charge < -0.3 is 15.7 Å². The Morgan fingerprint density at radius 2 is 1.94 bits per heavy atom. The maximum Gasteiger partial charge on any atom is 0.329 e. The number of carboxylic acids is 1. The number of urea groups is 1. The lowest BCUT2D eigenvalue weighted by atomic mass is 9.98. The van der Waals surface area contributed by atoms with Gasteiger partial charge in [-0.25, -0.2) is 9.59 Å². The molecule has 2 fully saturated rings. The average molecular weight is 272 g/mol. The molecule has 0 aromatic rings. The first-order valence-corrected chi connectivity index (χ1v) is 7.68. The molecule has 1 saturated heterocycles. The molecule has 0 bridgehead atoms. The van der Waals surface area contributed by atoms with Crippen LogP contribution < -0.4 is 10.6 Å². The lowest BCUT2D eigenvalue weighted by molar-refractivity contribution is -0.144. The molecule has 0 aromatic heterocycles. The van der Waals surface area contributed by atoms with Gasteiger partial charge in [0.1, 0.15) is 5.54 Å². The maximum absolute atomic E-state index is 11.9. The normalized spacial score (nSPS) is 26.6. The summed E-state index contributed by atoms with van der Waals surface area (Å²) in [5, 5.41) is 14.8. The second kappa shape index (κ2) is 5.82. The van der Waals surface area contributed by atoms with E-state index in [1.54, 1.807) is 0 Å². The number of rotatable bonds is 3. The minimum absolute atomic E-state index is 0.177. The number of nitrogens with one attached hydrogen (secondary N) is 2. The highest BCUT2D eigenvalue weighted by molar-refractivity contribution is 7.99. The molecule has 3 N–H and O–H groups in total. The highest BCUT2D eigenvalue weighted by Crippen LogP contribution is 2.29. The zero-order valence-corrected chi connectivity index (χ0v) is 11.2. The van der Waals surface area contributed by atoms with Crippen LogP contribution in [0.15, 0.2) is 0 Å². The molecule has 0 aromatic carbocycles. The number of hydrogen-bond donors (Lipinski definition) is 3. The molecule has 1 heterocycles. The van der Waals surface area contributed by atoms with E-state index in [-0.39, 0.29) is 12.1 Å². The fourth-order valence-electron chi connectivity index (χ4n) is 2.66. The Bertz CT molecular complexity index is 323. The minimum atomic E-state index is -1.04. The third kappa shape index (κ3) is 3.10. The van der Waals surface area contributed by atoms with E-state index in [0.717, 1.165) is 37.2 Å². The van der Waals surface area contributed by atoms with Crippen LogP contribution in [0.2, 0.25) is 0 Å². The van der Waals surface area contributed by atoms with Crippen molar-refractivity contribution in [2.45, 2.75) is 50.1 Å². The van der Waals surface area contributed by atoms with Gasteiger partial charge in [-0.3, -0.25) is 0 Å².